The molecule has 4 aromatic heterocycles. The molecular formula is C51H31N5S. The molecule has 0 fully saturated rings. The highest BCUT2D eigenvalue weighted by Gasteiger charge is 2.16. The first-order valence-electron chi connectivity index (χ1n) is 18.9. The van der Waals surface area contributed by atoms with E-state index in [1.165, 1.54) is 11.1 Å². The summed E-state index contributed by atoms with van der Waals surface area (Å²) in [7, 11) is 0. The number of aromatic nitrogens is 5. The van der Waals surface area contributed by atoms with Gasteiger partial charge in [-0.2, -0.15) is 0 Å². The van der Waals surface area contributed by atoms with Crippen molar-refractivity contribution in [1.82, 2.24) is 24.9 Å². The highest BCUT2D eigenvalue weighted by atomic mass is 32.1. The van der Waals surface area contributed by atoms with Gasteiger partial charge >= 0.3 is 0 Å². The van der Waals surface area contributed by atoms with Crippen LogP contribution >= 0.6 is 11.3 Å². The van der Waals surface area contributed by atoms with E-state index in [1.54, 1.807) is 11.3 Å². The molecule has 7 aromatic carbocycles. The number of rotatable bonds is 6. The Kier molecular flexibility index (Phi) is 7.93. The molecule has 0 saturated heterocycles. The Hall–Kier alpha value is -7.41. The van der Waals surface area contributed by atoms with Gasteiger partial charge in [0.2, 0.25) is 0 Å². The molecule has 0 N–H and O–H groups in total. The van der Waals surface area contributed by atoms with Crippen LogP contribution in [-0.2, 0) is 0 Å². The van der Waals surface area contributed by atoms with E-state index >= 15 is 0 Å². The highest BCUT2D eigenvalue weighted by Crippen LogP contribution is 2.39. The lowest BCUT2D eigenvalue weighted by Crippen LogP contribution is -1.95. The van der Waals surface area contributed by atoms with Crippen LogP contribution in [0.5, 0.6) is 0 Å². The van der Waals surface area contributed by atoms with Crippen LogP contribution in [0, 0.1) is 0 Å². The van der Waals surface area contributed by atoms with Crippen molar-refractivity contribution in [2.24, 2.45) is 0 Å². The van der Waals surface area contributed by atoms with Gasteiger partial charge in [0.15, 0.2) is 5.82 Å². The van der Waals surface area contributed by atoms with Crippen molar-refractivity contribution >= 4 is 53.8 Å². The average molecular weight is 746 g/mol. The first-order chi connectivity index (χ1) is 28.2. The molecule has 0 radical (unpaired) electrons. The third-order valence-corrected chi connectivity index (χ3v) is 11.7. The Bertz CT molecular complexity index is 3250. The maximum atomic E-state index is 5.13. The van der Waals surface area contributed by atoms with Gasteiger partial charge in [-0.25, -0.2) is 19.9 Å². The number of thiophene rings is 1. The molecule has 0 spiro atoms. The van der Waals surface area contributed by atoms with Crippen molar-refractivity contribution in [2.75, 3.05) is 0 Å². The number of fused-ring (bicyclic) bond motifs is 5. The molecule has 0 aliphatic rings. The lowest BCUT2D eigenvalue weighted by atomic mass is 9.97. The van der Waals surface area contributed by atoms with Gasteiger partial charge in [-0.1, -0.05) is 158 Å². The molecule has 4 heterocycles. The van der Waals surface area contributed by atoms with Crippen LogP contribution in [0.25, 0.3) is 110 Å². The number of para-hydroxylation sites is 3. The van der Waals surface area contributed by atoms with Gasteiger partial charge in [0.05, 0.1) is 26.9 Å². The molecule has 57 heavy (non-hydrogen) atoms. The molecule has 0 aliphatic carbocycles. The minimum absolute atomic E-state index is 0.711. The van der Waals surface area contributed by atoms with E-state index in [2.05, 4.69) is 140 Å². The minimum Gasteiger partial charge on any atom is -0.253 e. The van der Waals surface area contributed by atoms with Crippen molar-refractivity contribution in [1.29, 1.82) is 0 Å². The van der Waals surface area contributed by atoms with Crippen LogP contribution in [-0.4, -0.2) is 24.9 Å². The molecule has 11 aromatic rings. The van der Waals surface area contributed by atoms with Crippen LogP contribution in [0.1, 0.15) is 0 Å². The third kappa shape index (κ3) is 6.00. The first-order valence-corrected chi connectivity index (χ1v) is 19.7. The van der Waals surface area contributed by atoms with Gasteiger partial charge in [0.25, 0.3) is 0 Å². The summed E-state index contributed by atoms with van der Waals surface area (Å²) >= 11 is 1.65. The van der Waals surface area contributed by atoms with Crippen LogP contribution in [0.4, 0.5) is 0 Å². The van der Waals surface area contributed by atoms with E-state index in [0.29, 0.717) is 5.82 Å². The largest absolute Gasteiger partial charge is 0.253 e. The number of benzene rings is 7. The smallest absolute Gasteiger partial charge is 0.160 e. The first kappa shape index (κ1) is 33.0. The van der Waals surface area contributed by atoms with Crippen LogP contribution < -0.4 is 0 Å². The van der Waals surface area contributed by atoms with Crippen molar-refractivity contribution in [2.45, 2.75) is 0 Å². The molecule has 11 rings (SSSR count). The summed E-state index contributed by atoms with van der Waals surface area (Å²) in [6, 6.07) is 63.5. The SMILES string of the molecule is c1ccc(-c2ccc(-c3nc(-c4ccc(-c5ccc(-c6ccc(-c7ccnc8c7sc7nc9ccccc9nc78)cc6)cc5)cc4)nc4ccccc34)cc2)cc1. The van der Waals surface area contributed by atoms with Crippen LogP contribution in [0.3, 0.4) is 0 Å². The quantitative estimate of drug-likeness (QED) is 0.170. The van der Waals surface area contributed by atoms with E-state index in [1.807, 2.05) is 48.7 Å². The number of hydrogen-bond acceptors (Lipinski definition) is 6. The molecule has 0 amide bonds. The molecule has 266 valence electrons. The zero-order chi connectivity index (χ0) is 37.7. The Labute approximate surface area is 332 Å². The molecule has 0 unspecified atom stereocenters. The third-order valence-electron chi connectivity index (χ3n) is 10.6. The predicted molar refractivity (Wildman–Crippen MR) is 236 cm³/mol. The maximum Gasteiger partial charge on any atom is 0.160 e. The Morgan fingerprint density at radius 1 is 0.333 bits per heavy atom. The highest BCUT2D eigenvalue weighted by molar-refractivity contribution is 7.25. The second kappa shape index (κ2) is 13.7. The predicted octanol–water partition coefficient (Wildman–Crippen LogP) is 13.3. The second-order valence-corrected chi connectivity index (χ2v) is 15.1. The minimum atomic E-state index is 0.711. The van der Waals surface area contributed by atoms with E-state index < -0.39 is 0 Å². The number of pyridine rings is 1. The maximum absolute atomic E-state index is 5.13. The van der Waals surface area contributed by atoms with E-state index in [4.69, 9.17) is 24.9 Å². The van der Waals surface area contributed by atoms with E-state index in [-0.39, 0.29) is 0 Å². The Morgan fingerprint density at radius 2 is 0.825 bits per heavy atom. The molecule has 6 heteroatoms. The summed E-state index contributed by atoms with van der Waals surface area (Å²) in [5.41, 5.74) is 16.7. The molecule has 0 aliphatic heterocycles. The summed E-state index contributed by atoms with van der Waals surface area (Å²) in [5.74, 6) is 0.711. The lowest BCUT2D eigenvalue weighted by molar-refractivity contribution is 1.23. The number of nitrogens with zero attached hydrogens (tertiary/aromatic N) is 5. The summed E-state index contributed by atoms with van der Waals surface area (Å²) in [5, 5.41) is 1.04. The van der Waals surface area contributed by atoms with Crippen LogP contribution in [0.15, 0.2) is 188 Å². The number of hydrogen-bond donors (Lipinski definition) is 0. The average Bonchev–Trinajstić information content (AvgIpc) is 3.66. The van der Waals surface area contributed by atoms with E-state index in [9.17, 15) is 0 Å². The lowest BCUT2D eigenvalue weighted by Gasteiger charge is -2.11. The standard InChI is InChI=1S/C51H31N5S/c1-2-8-32(9-3-1)33-20-26-39(27-21-33)46-42-10-4-5-11-43(42)54-50(56-46)40-28-22-37(23-29-40)35-16-14-34(15-17-35)36-18-24-38(25-19-36)41-30-31-52-47-48-51(57-49(41)47)55-45-13-7-6-12-44(45)53-48/h1-31H. The topological polar surface area (TPSA) is 64.5 Å². The molecule has 0 bridgehead atoms. The molecule has 0 saturated carbocycles. The van der Waals surface area contributed by atoms with Gasteiger partial charge in [0.1, 0.15) is 15.9 Å². The fourth-order valence-electron chi connectivity index (χ4n) is 7.64. The van der Waals surface area contributed by atoms with Crippen LogP contribution in [0.2, 0.25) is 0 Å². The second-order valence-electron chi connectivity index (χ2n) is 14.1. The fourth-order valence-corrected chi connectivity index (χ4v) is 8.76. The van der Waals surface area contributed by atoms with Crippen molar-refractivity contribution in [3.8, 4) is 67.2 Å². The normalized spacial score (nSPS) is 11.5. The Morgan fingerprint density at radius 3 is 1.46 bits per heavy atom. The van der Waals surface area contributed by atoms with Gasteiger partial charge < -0.3 is 0 Å². The molecular weight excluding hydrogens is 715 g/mol. The van der Waals surface area contributed by atoms with Gasteiger partial charge in [-0.05, 0) is 63.2 Å². The molecule has 0 atom stereocenters. The summed E-state index contributed by atoms with van der Waals surface area (Å²) in [4.78, 5) is 25.6. The summed E-state index contributed by atoms with van der Waals surface area (Å²) in [6.07, 6.45) is 1.87. The van der Waals surface area contributed by atoms with Crippen molar-refractivity contribution in [3.05, 3.63) is 188 Å². The summed E-state index contributed by atoms with van der Waals surface area (Å²) in [6.45, 7) is 0. The Balaban J connectivity index is 0.848. The summed E-state index contributed by atoms with van der Waals surface area (Å²) < 4.78 is 1.10. The van der Waals surface area contributed by atoms with E-state index in [0.717, 1.165) is 92.7 Å². The fraction of sp³-hybridized carbons (Fsp3) is 0. The van der Waals surface area contributed by atoms with Gasteiger partial charge in [0, 0.05) is 28.3 Å². The monoisotopic (exact) mass is 745 g/mol. The van der Waals surface area contributed by atoms with Crippen molar-refractivity contribution in [3.63, 3.8) is 0 Å². The molecule has 5 nitrogen and oxygen atoms in total. The zero-order valence-electron chi connectivity index (χ0n) is 30.5. The van der Waals surface area contributed by atoms with Crippen molar-refractivity contribution < 1.29 is 0 Å². The van der Waals surface area contributed by atoms with Gasteiger partial charge in [-0.3, -0.25) is 4.98 Å². The zero-order valence-corrected chi connectivity index (χ0v) is 31.4. The van der Waals surface area contributed by atoms with Gasteiger partial charge in [-0.15, -0.1) is 11.3 Å².